The largest absolute Gasteiger partial charge is 0.483 e. The highest BCUT2D eigenvalue weighted by Gasteiger charge is 2.09. The molecule has 6 heteroatoms. The van der Waals surface area contributed by atoms with E-state index in [1.807, 2.05) is 32.9 Å². The number of carbonyl (C=O) groups is 2. The first-order valence-electron chi connectivity index (χ1n) is 7.05. The Balaban J connectivity index is 2.34. The lowest BCUT2D eigenvalue weighted by Gasteiger charge is -2.14. The van der Waals surface area contributed by atoms with Crippen molar-refractivity contribution in [3.05, 3.63) is 28.8 Å². The van der Waals surface area contributed by atoms with Gasteiger partial charge in [-0.2, -0.15) is 5.26 Å². The van der Waals surface area contributed by atoms with Crippen molar-refractivity contribution in [3.8, 4) is 11.8 Å². The van der Waals surface area contributed by atoms with E-state index < -0.39 is 0 Å². The minimum Gasteiger partial charge on any atom is -0.483 e. The summed E-state index contributed by atoms with van der Waals surface area (Å²) in [6.07, 6.45) is -0.178. The van der Waals surface area contributed by atoms with Gasteiger partial charge in [0.15, 0.2) is 6.61 Å². The number of nitriles is 1. The van der Waals surface area contributed by atoms with Gasteiger partial charge in [-0.1, -0.05) is 12.1 Å². The van der Waals surface area contributed by atoms with Crippen molar-refractivity contribution in [2.75, 3.05) is 19.7 Å². The normalized spacial score (nSPS) is 9.73. The molecule has 2 N–H and O–H groups in total. The molecule has 1 aromatic rings. The van der Waals surface area contributed by atoms with E-state index in [-0.39, 0.29) is 31.4 Å². The standard InChI is InChI=1S/C16H21N3O3/c1-11-4-5-12(2)16(13(11)3)22-10-15(21)19-9-8-18-14(20)6-7-17/h4-5H,6,8-10H2,1-3H3,(H,18,20)(H,19,21). The predicted octanol–water partition coefficient (Wildman–Crippen LogP) is 1.14. The van der Waals surface area contributed by atoms with Gasteiger partial charge in [-0.15, -0.1) is 0 Å². The molecule has 2 amide bonds. The van der Waals surface area contributed by atoms with Gasteiger partial charge in [0.1, 0.15) is 12.2 Å². The maximum Gasteiger partial charge on any atom is 0.258 e. The third-order valence-electron chi connectivity index (χ3n) is 3.23. The summed E-state index contributed by atoms with van der Waals surface area (Å²) in [5.41, 5.74) is 3.12. The number of nitrogens with one attached hydrogen (secondary N) is 2. The summed E-state index contributed by atoms with van der Waals surface area (Å²) in [6.45, 7) is 6.40. The summed E-state index contributed by atoms with van der Waals surface area (Å²) >= 11 is 0. The van der Waals surface area contributed by atoms with Gasteiger partial charge in [0.05, 0.1) is 6.07 Å². The average Bonchev–Trinajstić information content (AvgIpc) is 2.48. The van der Waals surface area contributed by atoms with Crippen LogP contribution in [0.3, 0.4) is 0 Å². The van der Waals surface area contributed by atoms with E-state index in [0.717, 1.165) is 22.4 Å². The van der Waals surface area contributed by atoms with Crippen molar-refractivity contribution in [2.45, 2.75) is 27.2 Å². The number of rotatable bonds is 7. The fourth-order valence-corrected chi connectivity index (χ4v) is 1.87. The van der Waals surface area contributed by atoms with Crippen LogP contribution < -0.4 is 15.4 Å². The molecule has 0 aliphatic carbocycles. The molecule has 6 nitrogen and oxygen atoms in total. The molecule has 22 heavy (non-hydrogen) atoms. The monoisotopic (exact) mass is 303 g/mol. The number of benzene rings is 1. The molecule has 118 valence electrons. The summed E-state index contributed by atoms with van der Waals surface area (Å²) in [7, 11) is 0. The summed E-state index contributed by atoms with van der Waals surface area (Å²) in [4.78, 5) is 22.7. The van der Waals surface area contributed by atoms with Crippen molar-refractivity contribution < 1.29 is 14.3 Å². The lowest BCUT2D eigenvalue weighted by molar-refractivity contribution is -0.123. The second kappa shape index (κ2) is 8.67. The van der Waals surface area contributed by atoms with Crippen LogP contribution in [0.15, 0.2) is 12.1 Å². The zero-order chi connectivity index (χ0) is 16.5. The lowest BCUT2D eigenvalue weighted by Crippen LogP contribution is -2.36. The lowest BCUT2D eigenvalue weighted by atomic mass is 10.1. The van der Waals surface area contributed by atoms with Crippen LogP contribution in [0.2, 0.25) is 0 Å². The van der Waals surface area contributed by atoms with Crippen molar-refractivity contribution in [2.24, 2.45) is 0 Å². The smallest absolute Gasteiger partial charge is 0.258 e. The first kappa shape index (κ1) is 17.5. The molecule has 0 heterocycles. The minimum atomic E-state index is -0.348. The maximum atomic E-state index is 11.7. The molecule has 0 fully saturated rings. The van der Waals surface area contributed by atoms with E-state index in [0.29, 0.717) is 6.54 Å². The zero-order valence-electron chi connectivity index (χ0n) is 13.2. The van der Waals surface area contributed by atoms with Gasteiger partial charge < -0.3 is 15.4 Å². The van der Waals surface area contributed by atoms with Crippen LogP contribution in [0.25, 0.3) is 0 Å². The second-order valence-corrected chi connectivity index (χ2v) is 4.98. The molecule has 1 aromatic carbocycles. The highest BCUT2D eigenvalue weighted by molar-refractivity contribution is 5.79. The predicted molar refractivity (Wildman–Crippen MR) is 82.4 cm³/mol. The van der Waals surface area contributed by atoms with Crippen molar-refractivity contribution in [1.82, 2.24) is 10.6 Å². The molecule has 0 radical (unpaired) electrons. The molecule has 1 rings (SSSR count). The Hall–Kier alpha value is -2.55. The first-order chi connectivity index (χ1) is 10.5. The van der Waals surface area contributed by atoms with Crippen LogP contribution in [-0.2, 0) is 9.59 Å². The molecule has 0 aliphatic heterocycles. The molecule has 0 saturated carbocycles. The third kappa shape index (κ3) is 5.44. The van der Waals surface area contributed by atoms with Gasteiger partial charge in [-0.3, -0.25) is 9.59 Å². The van der Waals surface area contributed by atoms with E-state index in [2.05, 4.69) is 10.6 Å². The van der Waals surface area contributed by atoms with Gasteiger partial charge in [-0.05, 0) is 37.5 Å². The van der Waals surface area contributed by atoms with Gasteiger partial charge >= 0.3 is 0 Å². The van der Waals surface area contributed by atoms with Crippen LogP contribution in [0.1, 0.15) is 23.1 Å². The van der Waals surface area contributed by atoms with Crippen LogP contribution in [-0.4, -0.2) is 31.5 Å². The number of ether oxygens (including phenoxy) is 1. The summed E-state index contributed by atoms with van der Waals surface area (Å²) in [5.74, 6) is 0.131. The Labute approximate surface area is 130 Å². The highest BCUT2D eigenvalue weighted by atomic mass is 16.5. The molecule has 0 unspecified atom stereocenters. The fourth-order valence-electron chi connectivity index (χ4n) is 1.87. The fraction of sp³-hybridized carbons (Fsp3) is 0.438. The first-order valence-corrected chi connectivity index (χ1v) is 7.05. The molecule has 0 saturated heterocycles. The summed E-state index contributed by atoms with van der Waals surface area (Å²) < 4.78 is 5.58. The van der Waals surface area contributed by atoms with Gasteiger partial charge in [0.2, 0.25) is 5.91 Å². The van der Waals surface area contributed by atoms with E-state index >= 15 is 0 Å². The van der Waals surface area contributed by atoms with Gasteiger partial charge in [0, 0.05) is 13.1 Å². The SMILES string of the molecule is Cc1ccc(C)c(OCC(=O)NCCNC(=O)CC#N)c1C. The number of aryl methyl sites for hydroxylation is 2. The number of hydrogen-bond donors (Lipinski definition) is 2. The summed E-state index contributed by atoms with van der Waals surface area (Å²) in [6, 6.07) is 5.73. The number of nitrogens with zero attached hydrogens (tertiary/aromatic N) is 1. The number of amides is 2. The van der Waals surface area contributed by atoms with Crippen LogP contribution in [0.4, 0.5) is 0 Å². The van der Waals surface area contributed by atoms with E-state index in [4.69, 9.17) is 10.00 Å². The molecule has 0 spiro atoms. The molecular formula is C16H21N3O3. The molecular weight excluding hydrogens is 282 g/mol. The van der Waals surface area contributed by atoms with Gasteiger partial charge in [0.25, 0.3) is 5.91 Å². The van der Waals surface area contributed by atoms with Gasteiger partial charge in [-0.25, -0.2) is 0 Å². The Morgan fingerprint density at radius 1 is 1.09 bits per heavy atom. The van der Waals surface area contributed by atoms with Crippen LogP contribution >= 0.6 is 0 Å². The Morgan fingerprint density at radius 2 is 1.68 bits per heavy atom. The molecule has 0 bridgehead atoms. The zero-order valence-corrected chi connectivity index (χ0v) is 13.2. The van der Waals surface area contributed by atoms with Crippen molar-refractivity contribution in [1.29, 1.82) is 5.26 Å². The van der Waals surface area contributed by atoms with E-state index in [1.165, 1.54) is 0 Å². The molecule has 0 aromatic heterocycles. The van der Waals surface area contributed by atoms with Crippen molar-refractivity contribution in [3.63, 3.8) is 0 Å². The van der Waals surface area contributed by atoms with Crippen molar-refractivity contribution >= 4 is 11.8 Å². The topological polar surface area (TPSA) is 91.2 Å². The Kier molecular flexibility index (Phi) is 6.90. The third-order valence-corrected chi connectivity index (χ3v) is 3.23. The Bertz CT molecular complexity index is 591. The second-order valence-electron chi connectivity index (χ2n) is 4.98. The van der Waals surface area contributed by atoms with E-state index in [9.17, 15) is 9.59 Å². The molecule has 0 atom stereocenters. The number of carbonyl (C=O) groups excluding carboxylic acids is 2. The van der Waals surface area contributed by atoms with Crippen LogP contribution in [0, 0.1) is 32.1 Å². The quantitative estimate of drug-likeness (QED) is 0.739. The maximum absolute atomic E-state index is 11.7. The van der Waals surface area contributed by atoms with Crippen LogP contribution in [0.5, 0.6) is 5.75 Å². The number of hydrogen-bond acceptors (Lipinski definition) is 4. The Morgan fingerprint density at radius 3 is 2.32 bits per heavy atom. The van der Waals surface area contributed by atoms with E-state index in [1.54, 1.807) is 6.07 Å². The summed E-state index contributed by atoms with van der Waals surface area (Å²) in [5, 5.41) is 13.5. The average molecular weight is 303 g/mol. The minimum absolute atomic E-state index is 0.0721. The highest BCUT2D eigenvalue weighted by Crippen LogP contribution is 2.25. The molecule has 0 aliphatic rings.